The Balaban J connectivity index is 1.62. The fraction of sp³-hybridized carbons (Fsp3) is 0.250. The summed E-state index contributed by atoms with van der Waals surface area (Å²) in [6, 6.07) is 9.77. The number of rotatable bonds is 5. The largest absolute Gasteiger partial charge is 0.324 e. The molecule has 0 aliphatic rings. The first-order valence-corrected chi connectivity index (χ1v) is 8.42. The average Bonchev–Trinajstić information content (AvgIpc) is 3.00. The fourth-order valence-corrected chi connectivity index (χ4v) is 3.09. The number of nitrogens with one attached hydrogen (secondary N) is 2. The molecular weight excluding hydrogens is 326 g/mol. The van der Waals surface area contributed by atoms with Gasteiger partial charge in [0, 0.05) is 18.4 Å². The summed E-state index contributed by atoms with van der Waals surface area (Å²) < 4.78 is 1.86. The van der Waals surface area contributed by atoms with Gasteiger partial charge in [-0.05, 0) is 44.0 Å². The summed E-state index contributed by atoms with van der Waals surface area (Å²) in [6.45, 7) is 6.70. The Morgan fingerprint density at radius 2 is 1.96 bits per heavy atom. The molecule has 3 aromatic rings. The molecular formula is C20H21N5O. The molecule has 0 spiro atoms. The Labute approximate surface area is 152 Å². The predicted octanol–water partition coefficient (Wildman–Crippen LogP) is 2.86. The quantitative estimate of drug-likeness (QED) is 0.743. The van der Waals surface area contributed by atoms with Crippen LogP contribution in [0.1, 0.15) is 27.9 Å². The number of aromatic nitrogens is 2. The van der Waals surface area contributed by atoms with E-state index in [1.165, 1.54) is 5.56 Å². The first-order chi connectivity index (χ1) is 12.5. The van der Waals surface area contributed by atoms with Gasteiger partial charge in [-0.2, -0.15) is 5.26 Å². The maximum absolute atomic E-state index is 12.3. The standard InChI is InChI=1S/C20H21N5O/c1-13-6-14(2)20(15(3)7-13)24-19(26)11-22-9-17-10-23-18-5-4-16(8-21)12-25(17)18/h4-7,10,12,22H,9,11H2,1-3H3,(H,24,26). The van der Waals surface area contributed by atoms with Crippen LogP contribution < -0.4 is 10.6 Å². The number of nitriles is 1. The third kappa shape index (κ3) is 3.73. The number of benzene rings is 1. The molecule has 1 aromatic carbocycles. The van der Waals surface area contributed by atoms with E-state index in [1.54, 1.807) is 24.5 Å². The zero-order valence-electron chi connectivity index (χ0n) is 15.1. The Morgan fingerprint density at radius 1 is 1.23 bits per heavy atom. The molecule has 3 rings (SSSR count). The molecule has 6 heteroatoms. The molecule has 0 fully saturated rings. The number of aryl methyl sites for hydroxylation is 3. The topological polar surface area (TPSA) is 82.2 Å². The maximum atomic E-state index is 12.3. The highest BCUT2D eigenvalue weighted by Crippen LogP contribution is 2.21. The van der Waals surface area contributed by atoms with Crippen molar-refractivity contribution in [2.75, 3.05) is 11.9 Å². The number of hydrogen-bond donors (Lipinski definition) is 2. The smallest absolute Gasteiger partial charge is 0.238 e. The zero-order chi connectivity index (χ0) is 18.7. The normalized spacial score (nSPS) is 10.7. The molecule has 0 atom stereocenters. The van der Waals surface area contributed by atoms with E-state index in [0.717, 1.165) is 28.2 Å². The molecule has 0 saturated carbocycles. The van der Waals surface area contributed by atoms with Crippen molar-refractivity contribution in [1.82, 2.24) is 14.7 Å². The third-order valence-electron chi connectivity index (χ3n) is 4.24. The third-order valence-corrected chi connectivity index (χ3v) is 4.24. The van der Waals surface area contributed by atoms with Gasteiger partial charge in [-0.15, -0.1) is 0 Å². The van der Waals surface area contributed by atoms with Crippen molar-refractivity contribution in [2.24, 2.45) is 0 Å². The lowest BCUT2D eigenvalue weighted by molar-refractivity contribution is -0.115. The van der Waals surface area contributed by atoms with Crippen molar-refractivity contribution in [2.45, 2.75) is 27.3 Å². The minimum atomic E-state index is -0.0911. The summed E-state index contributed by atoms with van der Waals surface area (Å²) in [6.07, 6.45) is 3.49. The lowest BCUT2D eigenvalue weighted by atomic mass is 10.1. The van der Waals surface area contributed by atoms with Crippen molar-refractivity contribution >= 4 is 17.2 Å². The number of carbonyl (C=O) groups excluding carboxylic acids is 1. The molecule has 0 radical (unpaired) electrons. The average molecular weight is 347 g/mol. The van der Waals surface area contributed by atoms with Gasteiger partial charge >= 0.3 is 0 Å². The van der Waals surface area contributed by atoms with Gasteiger partial charge in [0.15, 0.2) is 0 Å². The molecule has 2 N–H and O–H groups in total. The van der Waals surface area contributed by atoms with Gasteiger partial charge in [0.05, 0.1) is 24.0 Å². The second kappa shape index (κ2) is 7.38. The zero-order valence-corrected chi connectivity index (χ0v) is 15.1. The Kier molecular flexibility index (Phi) is 5.01. The Bertz CT molecular complexity index is 990. The summed E-state index contributed by atoms with van der Waals surface area (Å²) in [7, 11) is 0. The SMILES string of the molecule is Cc1cc(C)c(NC(=O)CNCc2cnc3ccc(C#N)cn23)c(C)c1. The molecule has 0 aliphatic carbocycles. The highest BCUT2D eigenvalue weighted by Gasteiger charge is 2.09. The summed E-state index contributed by atoms with van der Waals surface area (Å²) in [5.74, 6) is -0.0911. The van der Waals surface area contributed by atoms with E-state index in [2.05, 4.69) is 33.8 Å². The van der Waals surface area contributed by atoms with Crippen LogP contribution in [0.2, 0.25) is 0 Å². The highest BCUT2D eigenvalue weighted by atomic mass is 16.1. The molecule has 26 heavy (non-hydrogen) atoms. The number of imidazole rings is 1. The second-order valence-electron chi connectivity index (χ2n) is 6.43. The van der Waals surface area contributed by atoms with Gasteiger partial charge in [0.1, 0.15) is 11.7 Å². The fourth-order valence-electron chi connectivity index (χ4n) is 3.09. The molecule has 0 unspecified atom stereocenters. The summed E-state index contributed by atoms with van der Waals surface area (Å²) >= 11 is 0. The number of nitrogens with zero attached hydrogens (tertiary/aromatic N) is 3. The number of hydrogen-bond acceptors (Lipinski definition) is 4. The number of amides is 1. The van der Waals surface area contributed by atoms with Crippen LogP contribution in [0.15, 0.2) is 36.7 Å². The number of carbonyl (C=O) groups is 1. The van der Waals surface area contributed by atoms with Gasteiger partial charge in [-0.1, -0.05) is 17.7 Å². The van der Waals surface area contributed by atoms with Crippen LogP contribution in [0.5, 0.6) is 0 Å². The van der Waals surface area contributed by atoms with Crippen LogP contribution in [0.25, 0.3) is 5.65 Å². The molecule has 2 aromatic heterocycles. The van der Waals surface area contributed by atoms with Crippen LogP contribution in [-0.2, 0) is 11.3 Å². The molecule has 1 amide bonds. The van der Waals surface area contributed by atoms with E-state index < -0.39 is 0 Å². The highest BCUT2D eigenvalue weighted by molar-refractivity contribution is 5.93. The van der Waals surface area contributed by atoms with Crippen molar-refractivity contribution in [3.05, 3.63) is 64.6 Å². The van der Waals surface area contributed by atoms with E-state index in [-0.39, 0.29) is 12.5 Å². The Hall–Kier alpha value is -3.17. The number of anilines is 1. The molecule has 0 saturated heterocycles. The van der Waals surface area contributed by atoms with E-state index in [9.17, 15) is 4.79 Å². The Morgan fingerprint density at radius 3 is 2.65 bits per heavy atom. The van der Waals surface area contributed by atoms with E-state index in [1.807, 2.05) is 25.2 Å². The summed E-state index contributed by atoms with van der Waals surface area (Å²) in [5, 5.41) is 15.1. The summed E-state index contributed by atoms with van der Waals surface area (Å²) in [5.41, 5.74) is 6.41. The van der Waals surface area contributed by atoms with Crippen LogP contribution in [0.4, 0.5) is 5.69 Å². The number of fused-ring (bicyclic) bond motifs is 1. The van der Waals surface area contributed by atoms with Gasteiger partial charge in [0.2, 0.25) is 5.91 Å². The molecule has 132 valence electrons. The molecule has 0 bridgehead atoms. The van der Waals surface area contributed by atoms with Crippen molar-refractivity contribution in [3.8, 4) is 6.07 Å². The van der Waals surface area contributed by atoms with Crippen LogP contribution in [-0.4, -0.2) is 21.8 Å². The van der Waals surface area contributed by atoms with Crippen LogP contribution in [0, 0.1) is 32.1 Å². The van der Waals surface area contributed by atoms with E-state index in [4.69, 9.17) is 5.26 Å². The first kappa shape index (κ1) is 17.6. The van der Waals surface area contributed by atoms with Gasteiger partial charge < -0.3 is 15.0 Å². The van der Waals surface area contributed by atoms with Crippen LogP contribution in [0.3, 0.4) is 0 Å². The monoisotopic (exact) mass is 347 g/mol. The van der Waals surface area contributed by atoms with Gasteiger partial charge in [-0.3, -0.25) is 4.79 Å². The minimum Gasteiger partial charge on any atom is -0.324 e. The number of pyridine rings is 1. The van der Waals surface area contributed by atoms with Crippen molar-refractivity contribution in [3.63, 3.8) is 0 Å². The predicted molar refractivity (Wildman–Crippen MR) is 101 cm³/mol. The lowest BCUT2D eigenvalue weighted by Crippen LogP contribution is -2.28. The molecule has 6 nitrogen and oxygen atoms in total. The second-order valence-corrected chi connectivity index (χ2v) is 6.43. The van der Waals surface area contributed by atoms with Crippen molar-refractivity contribution < 1.29 is 4.79 Å². The van der Waals surface area contributed by atoms with Crippen LogP contribution >= 0.6 is 0 Å². The van der Waals surface area contributed by atoms with E-state index in [0.29, 0.717) is 12.1 Å². The minimum absolute atomic E-state index is 0.0911. The van der Waals surface area contributed by atoms with Gasteiger partial charge in [0.25, 0.3) is 0 Å². The summed E-state index contributed by atoms with van der Waals surface area (Å²) in [4.78, 5) is 16.6. The molecule has 0 aliphatic heterocycles. The van der Waals surface area contributed by atoms with E-state index >= 15 is 0 Å². The van der Waals surface area contributed by atoms with Gasteiger partial charge in [-0.25, -0.2) is 4.98 Å². The lowest BCUT2D eigenvalue weighted by Gasteiger charge is -2.13. The van der Waals surface area contributed by atoms with Crippen molar-refractivity contribution in [1.29, 1.82) is 5.26 Å². The molecule has 2 heterocycles. The maximum Gasteiger partial charge on any atom is 0.238 e. The first-order valence-electron chi connectivity index (χ1n) is 8.42.